The van der Waals surface area contributed by atoms with Gasteiger partial charge in [0, 0.05) is 53.6 Å². The zero-order valence-electron chi connectivity index (χ0n) is 22.0. The minimum atomic E-state index is -0.392. The predicted octanol–water partition coefficient (Wildman–Crippen LogP) is 5.06. The standard InChI is InChI=1S/C31H35N5O/c1-19-20(2)27(30(32)37)7-6-26(19)29-17-34-31-28(29)15-24(16-33-31)21-4-5-23-18-36(13-8-22(23)14-21)25-9-11-35(3)12-10-25/h4-7,14-17,25H,8-13,18H2,1-3H3,(H2,32,37)(H,33,34). The molecular weight excluding hydrogens is 458 g/mol. The molecule has 2 aromatic heterocycles. The second-order valence-corrected chi connectivity index (χ2v) is 10.8. The number of nitrogens with one attached hydrogen (secondary N) is 1. The van der Waals surface area contributed by atoms with E-state index in [9.17, 15) is 4.79 Å². The third-order valence-corrected chi connectivity index (χ3v) is 8.66. The number of nitrogens with zero attached hydrogens (tertiary/aromatic N) is 3. The van der Waals surface area contributed by atoms with Crippen molar-refractivity contribution in [1.82, 2.24) is 19.8 Å². The van der Waals surface area contributed by atoms with Crippen molar-refractivity contribution in [1.29, 1.82) is 0 Å². The molecule has 3 N–H and O–H groups in total. The minimum Gasteiger partial charge on any atom is -0.366 e. The van der Waals surface area contributed by atoms with Crippen LogP contribution >= 0.6 is 0 Å². The average Bonchev–Trinajstić information content (AvgIpc) is 3.33. The van der Waals surface area contributed by atoms with E-state index >= 15 is 0 Å². The topological polar surface area (TPSA) is 78.2 Å². The Labute approximate surface area is 218 Å². The Hall–Kier alpha value is -3.48. The van der Waals surface area contributed by atoms with E-state index in [-0.39, 0.29) is 0 Å². The number of nitrogens with two attached hydrogens (primary N) is 1. The van der Waals surface area contributed by atoms with E-state index in [0.29, 0.717) is 11.6 Å². The van der Waals surface area contributed by atoms with Crippen LogP contribution < -0.4 is 5.73 Å². The molecule has 6 heteroatoms. The zero-order valence-corrected chi connectivity index (χ0v) is 22.0. The summed E-state index contributed by atoms with van der Waals surface area (Å²) in [5.41, 5.74) is 16.4. The predicted molar refractivity (Wildman–Crippen MR) is 150 cm³/mol. The first kappa shape index (κ1) is 23.9. The van der Waals surface area contributed by atoms with Gasteiger partial charge in [0.2, 0.25) is 5.91 Å². The van der Waals surface area contributed by atoms with Crippen molar-refractivity contribution < 1.29 is 4.79 Å². The highest BCUT2D eigenvalue weighted by molar-refractivity contribution is 5.99. The highest BCUT2D eigenvalue weighted by Gasteiger charge is 2.26. The van der Waals surface area contributed by atoms with Crippen LogP contribution in [0.1, 0.15) is 45.5 Å². The van der Waals surface area contributed by atoms with Crippen molar-refractivity contribution in [2.24, 2.45) is 5.73 Å². The van der Waals surface area contributed by atoms with Gasteiger partial charge in [-0.05, 0) is 98.8 Å². The van der Waals surface area contributed by atoms with Crippen LogP contribution in [0.3, 0.4) is 0 Å². The molecule has 0 saturated carbocycles. The molecule has 1 amide bonds. The highest BCUT2D eigenvalue weighted by Crippen LogP contribution is 2.35. The fraction of sp³-hybridized carbons (Fsp3) is 0.355. The number of primary amides is 1. The van der Waals surface area contributed by atoms with Gasteiger partial charge in [-0.25, -0.2) is 4.98 Å². The maximum atomic E-state index is 11.8. The van der Waals surface area contributed by atoms with Crippen LogP contribution in [0.25, 0.3) is 33.3 Å². The Bertz CT molecular complexity index is 1500. The van der Waals surface area contributed by atoms with Gasteiger partial charge in [0.05, 0.1) is 0 Å². The summed E-state index contributed by atoms with van der Waals surface area (Å²) in [6.45, 7) is 8.62. The van der Waals surface area contributed by atoms with E-state index in [4.69, 9.17) is 10.7 Å². The van der Waals surface area contributed by atoms with E-state index in [1.165, 1.54) is 42.6 Å². The second kappa shape index (κ2) is 9.43. The van der Waals surface area contributed by atoms with E-state index in [1.807, 2.05) is 38.4 Å². The molecule has 6 nitrogen and oxygen atoms in total. The molecule has 0 atom stereocenters. The third-order valence-electron chi connectivity index (χ3n) is 8.66. The Balaban J connectivity index is 1.30. The SMILES string of the molecule is Cc1c(C(N)=O)ccc(-c2c[nH]c3ncc(-c4ccc5c(c4)CCN(C4CCN(C)CC4)C5)cc23)c1C. The Morgan fingerprint density at radius 3 is 2.57 bits per heavy atom. The third kappa shape index (κ3) is 4.34. The lowest BCUT2D eigenvalue weighted by molar-refractivity contribution is 0.0999. The summed E-state index contributed by atoms with van der Waals surface area (Å²) in [7, 11) is 2.23. The van der Waals surface area contributed by atoms with Gasteiger partial charge in [-0.2, -0.15) is 0 Å². The van der Waals surface area contributed by atoms with Gasteiger partial charge in [-0.15, -0.1) is 0 Å². The molecule has 4 aromatic rings. The van der Waals surface area contributed by atoms with E-state index in [0.717, 1.165) is 58.4 Å². The van der Waals surface area contributed by atoms with Crippen molar-refractivity contribution >= 4 is 16.9 Å². The number of fused-ring (bicyclic) bond motifs is 2. The number of amides is 1. The molecule has 190 valence electrons. The number of carbonyl (C=O) groups is 1. The maximum Gasteiger partial charge on any atom is 0.248 e. The van der Waals surface area contributed by atoms with Crippen LogP contribution in [-0.2, 0) is 13.0 Å². The molecule has 6 rings (SSSR count). The lowest BCUT2D eigenvalue weighted by Gasteiger charge is -2.39. The first-order valence-electron chi connectivity index (χ1n) is 13.3. The number of hydrogen-bond donors (Lipinski definition) is 2. The zero-order chi connectivity index (χ0) is 25.7. The minimum absolute atomic E-state index is 0.392. The van der Waals surface area contributed by atoms with Crippen LogP contribution in [0.4, 0.5) is 0 Å². The van der Waals surface area contributed by atoms with Crippen LogP contribution in [0.15, 0.2) is 48.8 Å². The van der Waals surface area contributed by atoms with Crippen molar-refractivity contribution in [2.45, 2.75) is 45.7 Å². The van der Waals surface area contributed by atoms with E-state index in [1.54, 1.807) is 0 Å². The first-order valence-corrected chi connectivity index (χ1v) is 13.3. The number of aromatic amines is 1. The molecule has 1 saturated heterocycles. The van der Waals surface area contributed by atoms with E-state index in [2.05, 4.69) is 46.1 Å². The van der Waals surface area contributed by atoms with Crippen molar-refractivity contribution in [3.05, 3.63) is 76.6 Å². The summed E-state index contributed by atoms with van der Waals surface area (Å²) in [6.07, 6.45) is 7.63. The summed E-state index contributed by atoms with van der Waals surface area (Å²) in [5, 5.41) is 1.08. The molecule has 0 radical (unpaired) electrons. The average molecular weight is 494 g/mol. The molecule has 37 heavy (non-hydrogen) atoms. The number of rotatable bonds is 4. The molecule has 2 aliphatic heterocycles. The summed E-state index contributed by atoms with van der Waals surface area (Å²) in [6, 6.07) is 13.7. The Morgan fingerprint density at radius 2 is 1.78 bits per heavy atom. The molecule has 0 spiro atoms. The quantitative estimate of drug-likeness (QED) is 0.416. The number of likely N-dealkylation sites (tertiary alicyclic amines) is 1. The number of benzene rings is 2. The normalized spacial score (nSPS) is 17.3. The number of pyridine rings is 1. The number of piperidine rings is 1. The van der Waals surface area contributed by atoms with Crippen molar-refractivity contribution in [2.75, 3.05) is 26.7 Å². The fourth-order valence-corrected chi connectivity index (χ4v) is 6.19. The number of H-pyrrole nitrogens is 1. The smallest absolute Gasteiger partial charge is 0.248 e. The molecule has 1 fully saturated rings. The van der Waals surface area contributed by atoms with Gasteiger partial charge in [-0.3, -0.25) is 9.69 Å². The van der Waals surface area contributed by atoms with Crippen LogP contribution in [0.5, 0.6) is 0 Å². The number of aromatic nitrogens is 2. The molecular formula is C31H35N5O. The van der Waals surface area contributed by atoms with E-state index < -0.39 is 5.91 Å². The summed E-state index contributed by atoms with van der Waals surface area (Å²) in [4.78, 5) is 25.0. The van der Waals surface area contributed by atoms with Crippen molar-refractivity contribution in [3.63, 3.8) is 0 Å². The van der Waals surface area contributed by atoms with Crippen LogP contribution in [-0.4, -0.2) is 58.4 Å². The highest BCUT2D eigenvalue weighted by atomic mass is 16.1. The Kier molecular flexibility index (Phi) is 6.09. The fourth-order valence-electron chi connectivity index (χ4n) is 6.19. The van der Waals surface area contributed by atoms with Crippen LogP contribution in [0, 0.1) is 13.8 Å². The summed E-state index contributed by atoms with van der Waals surface area (Å²) >= 11 is 0. The monoisotopic (exact) mass is 493 g/mol. The Morgan fingerprint density at radius 1 is 0.973 bits per heavy atom. The second-order valence-electron chi connectivity index (χ2n) is 10.8. The molecule has 0 bridgehead atoms. The van der Waals surface area contributed by atoms with Gasteiger partial charge in [0.15, 0.2) is 0 Å². The van der Waals surface area contributed by atoms with Gasteiger partial charge in [0.25, 0.3) is 0 Å². The molecule has 0 unspecified atom stereocenters. The summed E-state index contributed by atoms with van der Waals surface area (Å²) in [5.74, 6) is -0.392. The number of hydrogen-bond acceptors (Lipinski definition) is 4. The van der Waals surface area contributed by atoms with Crippen molar-refractivity contribution in [3.8, 4) is 22.3 Å². The lowest BCUT2D eigenvalue weighted by atomic mass is 9.91. The summed E-state index contributed by atoms with van der Waals surface area (Å²) < 4.78 is 0. The molecule has 0 aliphatic carbocycles. The lowest BCUT2D eigenvalue weighted by Crippen LogP contribution is -2.45. The molecule has 2 aliphatic rings. The molecule has 2 aromatic carbocycles. The first-order chi connectivity index (χ1) is 17.9. The van der Waals surface area contributed by atoms with Gasteiger partial charge >= 0.3 is 0 Å². The molecule has 4 heterocycles. The van der Waals surface area contributed by atoms with Gasteiger partial charge < -0.3 is 15.6 Å². The van der Waals surface area contributed by atoms with Crippen LogP contribution in [0.2, 0.25) is 0 Å². The van der Waals surface area contributed by atoms with Gasteiger partial charge in [-0.1, -0.05) is 24.3 Å². The van der Waals surface area contributed by atoms with Gasteiger partial charge in [0.1, 0.15) is 5.65 Å². The largest absolute Gasteiger partial charge is 0.366 e. The number of carbonyl (C=O) groups excluding carboxylic acids is 1. The maximum absolute atomic E-state index is 11.8.